The van der Waals surface area contributed by atoms with E-state index < -0.39 is 6.09 Å². The van der Waals surface area contributed by atoms with E-state index in [1.807, 2.05) is 0 Å². The van der Waals surface area contributed by atoms with Crippen LogP contribution in [-0.4, -0.2) is 28.4 Å². The first kappa shape index (κ1) is 6.73. The molecule has 1 aliphatic heterocycles. The molecule has 2 N–H and O–H groups in total. The summed E-state index contributed by atoms with van der Waals surface area (Å²) in [5.74, 6) is 0. The van der Waals surface area contributed by atoms with E-state index >= 15 is 0 Å². The molecule has 0 saturated heterocycles. The number of carbonyl (C=O) groups is 1. The fourth-order valence-electron chi connectivity index (χ4n) is 0.728. The molecule has 0 aliphatic carbocycles. The van der Waals surface area contributed by atoms with Crippen molar-refractivity contribution in [2.75, 3.05) is 7.05 Å². The highest BCUT2D eigenvalue weighted by molar-refractivity contribution is 5.64. The molecule has 1 rings (SSSR count). The van der Waals surface area contributed by atoms with Crippen LogP contribution in [0.25, 0.3) is 0 Å². The van der Waals surface area contributed by atoms with Crippen molar-refractivity contribution in [3.63, 3.8) is 0 Å². The quantitative estimate of drug-likeness (QED) is 0.499. The first-order valence-corrected chi connectivity index (χ1v) is 2.75. The van der Waals surface area contributed by atoms with E-state index in [0.717, 1.165) is 5.12 Å². The highest BCUT2D eigenvalue weighted by atomic mass is 16.4. The smallest absolute Gasteiger partial charge is 0.446 e. The second kappa shape index (κ2) is 2.09. The number of amides is 1. The third kappa shape index (κ3) is 0.975. The first-order chi connectivity index (χ1) is 4.61. The van der Waals surface area contributed by atoms with Gasteiger partial charge in [-0.2, -0.15) is 0 Å². The van der Waals surface area contributed by atoms with Crippen molar-refractivity contribution in [3.8, 4) is 0 Å². The highest BCUT2D eigenvalue weighted by Gasteiger charge is 2.20. The van der Waals surface area contributed by atoms with Gasteiger partial charge in [-0.25, -0.2) is 4.79 Å². The lowest BCUT2D eigenvalue weighted by Crippen LogP contribution is -2.43. The Bertz CT molecular complexity index is 189. The van der Waals surface area contributed by atoms with Gasteiger partial charge in [-0.15, -0.1) is 5.12 Å². The number of nitrogens with zero attached hydrogens (tertiary/aromatic N) is 2. The van der Waals surface area contributed by atoms with Crippen molar-refractivity contribution in [2.45, 2.75) is 6.92 Å². The molecule has 1 radical (unpaired) electrons. The average molecular weight is 142 g/mol. The second-order valence-corrected chi connectivity index (χ2v) is 1.97. The van der Waals surface area contributed by atoms with E-state index in [4.69, 9.17) is 5.11 Å². The van der Waals surface area contributed by atoms with Crippen molar-refractivity contribution in [3.05, 3.63) is 11.9 Å². The summed E-state index contributed by atoms with van der Waals surface area (Å²) in [6, 6.07) is 0. The van der Waals surface area contributed by atoms with Gasteiger partial charge in [-0.05, 0) is 6.92 Å². The zero-order valence-electron chi connectivity index (χ0n) is 5.75. The number of hydrogen-bond donors (Lipinski definition) is 2. The Hall–Kier alpha value is -1.39. The molecule has 0 fully saturated rings. The molecule has 1 amide bonds. The van der Waals surface area contributed by atoms with Crippen molar-refractivity contribution >= 4 is 6.09 Å². The Morgan fingerprint density at radius 1 is 1.80 bits per heavy atom. The van der Waals surface area contributed by atoms with Crippen LogP contribution in [0.15, 0.2) is 5.70 Å². The first-order valence-electron chi connectivity index (χ1n) is 2.75. The van der Waals surface area contributed by atoms with Crippen LogP contribution in [0.2, 0.25) is 0 Å². The molecule has 1 aliphatic rings. The van der Waals surface area contributed by atoms with Gasteiger partial charge in [0.05, 0.1) is 5.70 Å². The van der Waals surface area contributed by atoms with Crippen LogP contribution in [0.5, 0.6) is 0 Å². The maximum Gasteiger partial charge on any atom is 0.446 e. The molecule has 0 aromatic rings. The van der Waals surface area contributed by atoms with Crippen LogP contribution in [0, 0.1) is 6.20 Å². The summed E-state index contributed by atoms with van der Waals surface area (Å²) in [6.45, 7) is 1.74. The molecular weight excluding hydrogens is 134 g/mol. The second-order valence-electron chi connectivity index (χ2n) is 1.97. The topological polar surface area (TPSA) is 55.8 Å². The van der Waals surface area contributed by atoms with E-state index in [1.54, 1.807) is 14.0 Å². The molecule has 0 saturated carbocycles. The highest BCUT2D eigenvalue weighted by Crippen LogP contribution is 2.04. The van der Waals surface area contributed by atoms with E-state index in [9.17, 15) is 4.79 Å². The number of allylic oxidation sites excluding steroid dienone is 1. The third-order valence-electron chi connectivity index (χ3n) is 1.08. The Labute approximate surface area is 58.5 Å². The van der Waals surface area contributed by atoms with Crippen LogP contribution in [-0.2, 0) is 0 Å². The van der Waals surface area contributed by atoms with Crippen LogP contribution in [0.3, 0.4) is 0 Å². The van der Waals surface area contributed by atoms with Crippen LogP contribution in [0.4, 0.5) is 4.79 Å². The lowest BCUT2D eigenvalue weighted by molar-refractivity contribution is 0.0303. The zero-order valence-corrected chi connectivity index (χ0v) is 5.75. The molecule has 0 aromatic carbocycles. The number of carboxylic acid groups (broad SMARTS) is 1. The van der Waals surface area contributed by atoms with E-state index in [2.05, 4.69) is 11.6 Å². The molecule has 0 aromatic heterocycles. The van der Waals surface area contributed by atoms with Crippen LogP contribution < -0.4 is 5.43 Å². The van der Waals surface area contributed by atoms with Crippen molar-refractivity contribution < 1.29 is 9.90 Å². The standard InChI is InChI=1S/C5H8N3O2/c1-4-3-7(2)8(6-4)5(9)10/h6H,1-2H3,(H,9,10). The minimum Gasteiger partial charge on any atom is -0.462 e. The van der Waals surface area contributed by atoms with Crippen LogP contribution >= 0.6 is 0 Å². The molecule has 10 heavy (non-hydrogen) atoms. The number of hydrogen-bond acceptors (Lipinski definition) is 3. The Morgan fingerprint density at radius 3 is 2.60 bits per heavy atom. The zero-order chi connectivity index (χ0) is 7.72. The normalized spacial score (nSPS) is 16.8. The van der Waals surface area contributed by atoms with Crippen LogP contribution in [0.1, 0.15) is 6.92 Å². The van der Waals surface area contributed by atoms with E-state index in [-0.39, 0.29) is 0 Å². The summed E-state index contributed by atoms with van der Waals surface area (Å²) < 4.78 is 0. The number of hydrazine groups is 2. The Morgan fingerprint density at radius 2 is 2.40 bits per heavy atom. The lowest BCUT2D eigenvalue weighted by atomic mass is 10.6. The van der Waals surface area contributed by atoms with Crippen molar-refractivity contribution in [1.82, 2.24) is 15.6 Å². The Kier molecular flexibility index (Phi) is 1.41. The maximum absolute atomic E-state index is 10.3. The minimum absolute atomic E-state index is 0.685. The van der Waals surface area contributed by atoms with E-state index in [1.165, 1.54) is 5.01 Å². The van der Waals surface area contributed by atoms with Gasteiger partial charge in [0.2, 0.25) is 0 Å². The summed E-state index contributed by atoms with van der Waals surface area (Å²) in [5, 5.41) is 10.7. The van der Waals surface area contributed by atoms with Gasteiger partial charge >= 0.3 is 6.09 Å². The minimum atomic E-state index is -1.05. The van der Waals surface area contributed by atoms with E-state index in [0.29, 0.717) is 5.70 Å². The molecule has 5 nitrogen and oxygen atoms in total. The molecule has 0 unspecified atom stereocenters. The maximum atomic E-state index is 10.3. The number of rotatable bonds is 0. The van der Waals surface area contributed by atoms with Gasteiger partial charge < -0.3 is 5.11 Å². The van der Waals surface area contributed by atoms with Gasteiger partial charge in [-0.3, -0.25) is 10.4 Å². The monoisotopic (exact) mass is 142 g/mol. The molecule has 0 atom stereocenters. The number of nitrogens with one attached hydrogen (secondary N) is 1. The average Bonchev–Trinajstić information content (AvgIpc) is 2.10. The van der Waals surface area contributed by atoms with Gasteiger partial charge in [0.15, 0.2) is 0 Å². The predicted octanol–water partition coefficient (Wildman–Crippen LogP) is -0.00411. The fourth-order valence-corrected chi connectivity index (χ4v) is 0.728. The molecule has 0 spiro atoms. The predicted molar refractivity (Wildman–Crippen MR) is 33.2 cm³/mol. The summed E-state index contributed by atoms with van der Waals surface area (Å²) in [4.78, 5) is 10.3. The fraction of sp³-hybridized carbons (Fsp3) is 0.400. The van der Waals surface area contributed by atoms with Gasteiger partial charge in [0.1, 0.15) is 6.20 Å². The SMILES string of the molecule is CC1=[C]N(C)N(C(=O)O)N1. The Balaban J connectivity index is 2.63. The third-order valence-corrected chi connectivity index (χ3v) is 1.08. The summed E-state index contributed by atoms with van der Waals surface area (Å²) in [6.07, 6.45) is 1.68. The summed E-state index contributed by atoms with van der Waals surface area (Å²) >= 11 is 0. The van der Waals surface area contributed by atoms with Crippen molar-refractivity contribution in [1.29, 1.82) is 0 Å². The lowest BCUT2D eigenvalue weighted by Gasteiger charge is -2.20. The molecule has 5 heteroatoms. The van der Waals surface area contributed by atoms with Gasteiger partial charge in [-0.1, -0.05) is 0 Å². The molecule has 55 valence electrons. The van der Waals surface area contributed by atoms with Crippen molar-refractivity contribution in [2.24, 2.45) is 0 Å². The van der Waals surface area contributed by atoms with Gasteiger partial charge in [0.25, 0.3) is 0 Å². The molecule has 1 heterocycles. The summed E-state index contributed by atoms with van der Waals surface area (Å²) in [7, 11) is 1.59. The summed E-state index contributed by atoms with van der Waals surface area (Å²) in [5.41, 5.74) is 3.25. The largest absolute Gasteiger partial charge is 0.462 e. The molecule has 0 bridgehead atoms. The van der Waals surface area contributed by atoms with Gasteiger partial charge in [0, 0.05) is 7.05 Å². The molecular formula is C5H8N3O2.